The van der Waals surface area contributed by atoms with Crippen LogP contribution in [0.15, 0.2) is 48.9 Å². The number of para-hydroxylation sites is 1. The second-order valence-corrected chi connectivity index (χ2v) is 8.73. The number of hydrogen-bond acceptors (Lipinski definition) is 5. The van der Waals surface area contributed by atoms with Gasteiger partial charge in [-0.1, -0.05) is 18.2 Å². The smallest absolute Gasteiger partial charge is 0.222 e. The molecule has 5 rings (SSSR count). The summed E-state index contributed by atoms with van der Waals surface area (Å²) in [5.41, 5.74) is 4.30. The standard InChI is InChI=1S/C24H27N5O/c1-18-14-27-19(15-26-18)16-29-17-24(8-6-23(29)30)9-12-28(13-10-24)22-7-11-25-21-5-3-2-4-20(21)22/h2-5,7,11,14-15H,6,8-10,12-13,16-17H2,1H3. The van der Waals surface area contributed by atoms with Crippen molar-refractivity contribution in [3.05, 3.63) is 60.3 Å². The van der Waals surface area contributed by atoms with Gasteiger partial charge in [-0.2, -0.15) is 0 Å². The Morgan fingerprint density at radius 2 is 1.83 bits per heavy atom. The topological polar surface area (TPSA) is 62.2 Å². The number of likely N-dealkylation sites (tertiary alicyclic amines) is 1. The summed E-state index contributed by atoms with van der Waals surface area (Å²) in [5, 5.41) is 1.22. The van der Waals surface area contributed by atoms with E-state index in [4.69, 9.17) is 0 Å². The molecule has 2 fully saturated rings. The van der Waals surface area contributed by atoms with E-state index in [1.807, 2.05) is 24.1 Å². The van der Waals surface area contributed by atoms with Gasteiger partial charge in [0.15, 0.2) is 0 Å². The molecule has 2 aliphatic heterocycles. The highest BCUT2D eigenvalue weighted by Gasteiger charge is 2.41. The highest BCUT2D eigenvalue weighted by molar-refractivity contribution is 5.91. The van der Waals surface area contributed by atoms with Crippen LogP contribution < -0.4 is 4.90 Å². The van der Waals surface area contributed by atoms with Crippen molar-refractivity contribution < 1.29 is 4.79 Å². The van der Waals surface area contributed by atoms with E-state index in [2.05, 4.69) is 44.1 Å². The normalized spacial score (nSPS) is 18.9. The van der Waals surface area contributed by atoms with Gasteiger partial charge in [0.05, 0.1) is 29.6 Å². The molecule has 0 unspecified atom stereocenters. The summed E-state index contributed by atoms with van der Waals surface area (Å²) in [4.78, 5) is 30.4. The molecule has 3 aromatic rings. The Morgan fingerprint density at radius 1 is 1.00 bits per heavy atom. The Morgan fingerprint density at radius 3 is 2.63 bits per heavy atom. The van der Waals surface area contributed by atoms with Gasteiger partial charge in [0, 0.05) is 49.5 Å². The number of aromatic nitrogens is 3. The maximum absolute atomic E-state index is 12.6. The molecule has 30 heavy (non-hydrogen) atoms. The molecule has 6 heteroatoms. The Balaban J connectivity index is 1.30. The Kier molecular flexibility index (Phi) is 4.85. The summed E-state index contributed by atoms with van der Waals surface area (Å²) < 4.78 is 0. The zero-order valence-electron chi connectivity index (χ0n) is 17.4. The molecule has 154 valence electrons. The predicted octanol–water partition coefficient (Wildman–Crippen LogP) is 3.74. The van der Waals surface area contributed by atoms with Gasteiger partial charge in [-0.3, -0.25) is 19.7 Å². The molecule has 0 atom stereocenters. The number of pyridine rings is 1. The van der Waals surface area contributed by atoms with Crippen LogP contribution in [-0.2, 0) is 11.3 Å². The lowest BCUT2D eigenvalue weighted by Gasteiger charge is -2.48. The van der Waals surface area contributed by atoms with Crippen LogP contribution >= 0.6 is 0 Å². The van der Waals surface area contributed by atoms with Crippen molar-refractivity contribution in [1.82, 2.24) is 19.9 Å². The SMILES string of the molecule is Cc1cnc(CN2CC3(CCC2=O)CCN(c2ccnc4ccccc24)CC3)cn1. The molecule has 2 saturated heterocycles. The minimum Gasteiger partial charge on any atom is -0.371 e. The Bertz CT molecular complexity index is 1050. The fourth-order valence-corrected chi connectivity index (χ4v) is 4.93. The van der Waals surface area contributed by atoms with Gasteiger partial charge in [-0.25, -0.2) is 0 Å². The molecule has 2 aromatic heterocycles. The van der Waals surface area contributed by atoms with Crippen molar-refractivity contribution in [2.24, 2.45) is 5.41 Å². The molecule has 0 bridgehead atoms. The van der Waals surface area contributed by atoms with Crippen LogP contribution in [0.25, 0.3) is 10.9 Å². The lowest BCUT2D eigenvalue weighted by atomic mass is 9.72. The zero-order valence-corrected chi connectivity index (χ0v) is 17.4. The van der Waals surface area contributed by atoms with Gasteiger partial charge in [0.25, 0.3) is 0 Å². The van der Waals surface area contributed by atoms with Crippen LogP contribution in [0.2, 0.25) is 0 Å². The molecule has 0 N–H and O–H groups in total. The third kappa shape index (κ3) is 3.62. The van der Waals surface area contributed by atoms with Crippen LogP contribution in [-0.4, -0.2) is 45.4 Å². The molecule has 1 amide bonds. The first kappa shape index (κ1) is 19.0. The van der Waals surface area contributed by atoms with E-state index in [9.17, 15) is 4.79 Å². The van der Waals surface area contributed by atoms with Gasteiger partial charge in [-0.05, 0) is 43.7 Å². The number of aryl methyl sites for hydroxylation is 1. The lowest BCUT2D eigenvalue weighted by Crippen LogP contribution is -2.51. The number of amides is 1. The van der Waals surface area contributed by atoms with Gasteiger partial charge in [0.2, 0.25) is 5.91 Å². The molecular formula is C24H27N5O. The molecule has 0 saturated carbocycles. The molecular weight excluding hydrogens is 374 g/mol. The number of fused-ring (bicyclic) bond motifs is 1. The quantitative estimate of drug-likeness (QED) is 0.669. The van der Waals surface area contributed by atoms with Crippen molar-refractivity contribution in [1.29, 1.82) is 0 Å². The predicted molar refractivity (Wildman–Crippen MR) is 117 cm³/mol. The average Bonchev–Trinajstić information content (AvgIpc) is 2.78. The van der Waals surface area contributed by atoms with E-state index in [1.54, 1.807) is 12.4 Å². The van der Waals surface area contributed by atoms with E-state index in [0.29, 0.717) is 13.0 Å². The van der Waals surface area contributed by atoms with Crippen LogP contribution in [0, 0.1) is 12.3 Å². The van der Waals surface area contributed by atoms with Crippen molar-refractivity contribution in [2.45, 2.75) is 39.2 Å². The number of rotatable bonds is 3. The van der Waals surface area contributed by atoms with Crippen molar-refractivity contribution >= 4 is 22.5 Å². The second-order valence-electron chi connectivity index (χ2n) is 8.73. The van der Waals surface area contributed by atoms with E-state index in [0.717, 1.165) is 55.8 Å². The number of hydrogen-bond donors (Lipinski definition) is 0. The molecule has 6 nitrogen and oxygen atoms in total. The minimum atomic E-state index is 0.214. The first-order chi connectivity index (χ1) is 14.6. The second kappa shape index (κ2) is 7.67. The van der Waals surface area contributed by atoms with Gasteiger partial charge in [0.1, 0.15) is 0 Å². The molecule has 2 aliphatic rings. The van der Waals surface area contributed by atoms with Crippen molar-refractivity contribution in [3.8, 4) is 0 Å². The number of piperidine rings is 2. The lowest BCUT2D eigenvalue weighted by molar-refractivity contribution is -0.139. The molecule has 0 aliphatic carbocycles. The summed E-state index contributed by atoms with van der Waals surface area (Å²) in [6, 6.07) is 10.5. The average molecular weight is 402 g/mol. The third-order valence-corrected chi connectivity index (χ3v) is 6.73. The van der Waals surface area contributed by atoms with Crippen LogP contribution in [0.1, 0.15) is 37.1 Å². The Labute approximate surface area is 177 Å². The number of benzene rings is 1. The minimum absolute atomic E-state index is 0.214. The van der Waals surface area contributed by atoms with Gasteiger partial charge in [-0.15, -0.1) is 0 Å². The summed E-state index contributed by atoms with van der Waals surface area (Å²) in [5.74, 6) is 0.241. The summed E-state index contributed by atoms with van der Waals surface area (Å²) in [7, 11) is 0. The highest BCUT2D eigenvalue weighted by Crippen LogP contribution is 2.42. The van der Waals surface area contributed by atoms with Gasteiger partial charge >= 0.3 is 0 Å². The largest absolute Gasteiger partial charge is 0.371 e. The van der Waals surface area contributed by atoms with E-state index < -0.39 is 0 Å². The number of nitrogens with zero attached hydrogens (tertiary/aromatic N) is 5. The van der Waals surface area contributed by atoms with Crippen molar-refractivity contribution in [2.75, 3.05) is 24.5 Å². The van der Waals surface area contributed by atoms with E-state index in [-0.39, 0.29) is 11.3 Å². The van der Waals surface area contributed by atoms with E-state index in [1.165, 1.54) is 11.1 Å². The molecule has 4 heterocycles. The van der Waals surface area contributed by atoms with Crippen LogP contribution in [0.5, 0.6) is 0 Å². The third-order valence-electron chi connectivity index (χ3n) is 6.73. The maximum Gasteiger partial charge on any atom is 0.222 e. The monoisotopic (exact) mass is 401 g/mol. The fourth-order valence-electron chi connectivity index (χ4n) is 4.93. The molecule has 1 aromatic carbocycles. The Hall–Kier alpha value is -3.02. The zero-order chi connectivity index (χ0) is 20.6. The fraction of sp³-hybridized carbons (Fsp3) is 0.417. The highest BCUT2D eigenvalue weighted by atomic mass is 16.2. The van der Waals surface area contributed by atoms with Crippen LogP contribution in [0.3, 0.4) is 0 Å². The summed E-state index contributed by atoms with van der Waals surface area (Å²) >= 11 is 0. The number of anilines is 1. The van der Waals surface area contributed by atoms with Gasteiger partial charge < -0.3 is 9.80 Å². The molecule has 0 radical (unpaired) electrons. The van der Waals surface area contributed by atoms with E-state index >= 15 is 0 Å². The molecule has 1 spiro atoms. The summed E-state index contributed by atoms with van der Waals surface area (Å²) in [6.07, 6.45) is 9.31. The maximum atomic E-state index is 12.6. The number of carbonyl (C=O) groups is 1. The number of carbonyl (C=O) groups excluding carboxylic acids is 1. The van der Waals surface area contributed by atoms with Crippen LogP contribution in [0.4, 0.5) is 5.69 Å². The van der Waals surface area contributed by atoms with Crippen molar-refractivity contribution in [3.63, 3.8) is 0 Å². The summed E-state index contributed by atoms with van der Waals surface area (Å²) in [6.45, 7) is 5.34. The first-order valence-corrected chi connectivity index (χ1v) is 10.8. The first-order valence-electron chi connectivity index (χ1n) is 10.8.